The van der Waals surface area contributed by atoms with E-state index < -0.39 is 21.6 Å². The second-order valence-corrected chi connectivity index (χ2v) is 9.16. The highest BCUT2D eigenvalue weighted by atomic mass is 32.2. The van der Waals surface area contributed by atoms with Crippen LogP contribution in [-0.2, 0) is 17.2 Å². The van der Waals surface area contributed by atoms with Crippen molar-refractivity contribution in [1.82, 2.24) is 4.57 Å². The zero-order valence-corrected chi connectivity index (χ0v) is 19.5. The van der Waals surface area contributed by atoms with E-state index >= 15 is 0 Å². The number of hydrogen-bond acceptors (Lipinski definition) is 6. The summed E-state index contributed by atoms with van der Waals surface area (Å²) in [7, 11) is -1.26. The van der Waals surface area contributed by atoms with Crippen LogP contribution in [0.25, 0.3) is 10.9 Å². The molecule has 9 heteroatoms. The smallest absolute Gasteiger partial charge is 0.339 e. The number of anilines is 1. The van der Waals surface area contributed by atoms with Gasteiger partial charge in [-0.1, -0.05) is 29.8 Å². The monoisotopic (exact) mass is 478 g/mol. The molecule has 3 aromatic carbocycles. The van der Waals surface area contributed by atoms with Crippen molar-refractivity contribution in [1.29, 1.82) is 0 Å². The first-order chi connectivity index (χ1) is 16.2. The van der Waals surface area contributed by atoms with E-state index in [0.717, 1.165) is 5.56 Å². The SMILES string of the molecule is COc1ccc(C(=O)Nc2c(OS(=O)(=O)c3ccc(C)cc3)c3ccccc3n(C)c2=O)cc1. The van der Waals surface area contributed by atoms with Crippen LogP contribution in [0.5, 0.6) is 11.5 Å². The molecule has 0 aliphatic carbocycles. The minimum absolute atomic E-state index is 0.0738. The van der Waals surface area contributed by atoms with E-state index in [4.69, 9.17) is 8.92 Å². The Bertz CT molecular complexity index is 1540. The van der Waals surface area contributed by atoms with Crippen LogP contribution >= 0.6 is 0 Å². The first-order valence-electron chi connectivity index (χ1n) is 10.3. The fourth-order valence-corrected chi connectivity index (χ4v) is 4.41. The van der Waals surface area contributed by atoms with Gasteiger partial charge in [-0.15, -0.1) is 0 Å². The molecular weight excluding hydrogens is 456 g/mol. The van der Waals surface area contributed by atoms with Crippen molar-refractivity contribution >= 4 is 32.6 Å². The third-order valence-corrected chi connectivity index (χ3v) is 6.58. The lowest BCUT2D eigenvalue weighted by molar-refractivity contribution is 0.102. The molecule has 0 fully saturated rings. The van der Waals surface area contributed by atoms with Gasteiger partial charge in [-0.25, -0.2) is 0 Å². The lowest BCUT2D eigenvalue weighted by Crippen LogP contribution is -2.26. The second kappa shape index (κ2) is 9.03. The number of nitrogens with one attached hydrogen (secondary N) is 1. The summed E-state index contributed by atoms with van der Waals surface area (Å²) in [5.41, 5.74) is 0.685. The zero-order chi connectivity index (χ0) is 24.5. The molecule has 1 heterocycles. The van der Waals surface area contributed by atoms with Crippen molar-refractivity contribution in [3.63, 3.8) is 0 Å². The van der Waals surface area contributed by atoms with Gasteiger partial charge in [0.15, 0.2) is 11.4 Å². The van der Waals surface area contributed by atoms with Gasteiger partial charge in [-0.2, -0.15) is 8.42 Å². The molecule has 0 spiro atoms. The lowest BCUT2D eigenvalue weighted by Gasteiger charge is -2.17. The minimum atomic E-state index is -4.30. The molecule has 174 valence electrons. The predicted octanol–water partition coefficient (Wildman–Crippen LogP) is 3.88. The Morgan fingerprint density at radius 2 is 1.59 bits per heavy atom. The average Bonchev–Trinajstić information content (AvgIpc) is 2.84. The number of methoxy groups -OCH3 is 1. The number of rotatable bonds is 6. The van der Waals surface area contributed by atoms with Gasteiger partial charge in [0.1, 0.15) is 10.6 Å². The van der Waals surface area contributed by atoms with Crippen LogP contribution in [0.1, 0.15) is 15.9 Å². The van der Waals surface area contributed by atoms with Gasteiger partial charge >= 0.3 is 10.1 Å². The molecule has 0 saturated carbocycles. The summed E-state index contributed by atoms with van der Waals surface area (Å²) in [6.07, 6.45) is 0. The number of hydrogen-bond donors (Lipinski definition) is 1. The fourth-order valence-electron chi connectivity index (χ4n) is 3.45. The van der Waals surface area contributed by atoms with Crippen LogP contribution in [0, 0.1) is 6.92 Å². The number of carbonyl (C=O) groups is 1. The van der Waals surface area contributed by atoms with Crippen LogP contribution in [0.4, 0.5) is 5.69 Å². The maximum absolute atomic E-state index is 13.2. The molecule has 1 N–H and O–H groups in total. The van der Waals surface area contributed by atoms with Crippen LogP contribution in [-0.4, -0.2) is 26.0 Å². The number of benzene rings is 3. The van der Waals surface area contributed by atoms with Crippen LogP contribution in [0.2, 0.25) is 0 Å². The van der Waals surface area contributed by atoms with E-state index in [9.17, 15) is 18.0 Å². The Balaban J connectivity index is 1.84. The maximum atomic E-state index is 13.2. The van der Waals surface area contributed by atoms with Crippen molar-refractivity contribution in [2.75, 3.05) is 12.4 Å². The summed E-state index contributed by atoms with van der Waals surface area (Å²) < 4.78 is 38.1. The minimum Gasteiger partial charge on any atom is -0.497 e. The number of fused-ring (bicyclic) bond motifs is 1. The predicted molar refractivity (Wildman–Crippen MR) is 129 cm³/mol. The Hall–Kier alpha value is -4.11. The van der Waals surface area contributed by atoms with Crippen LogP contribution in [0.15, 0.2) is 82.5 Å². The second-order valence-electron chi connectivity index (χ2n) is 7.62. The maximum Gasteiger partial charge on any atom is 0.339 e. The number of carbonyl (C=O) groups excluding carboxylic acids is 1. The molecular formula is C25H22N2O6S. The van der Waals surface area contributed by atoms with Crippen molar-refractivity contribution in [2.24, 2.45) is 7.05 Å². The molecule has 8 nitrogen and oxygen atoms in total. The van der Waals surface area contributed by atoms with Gasteiger partial charge in [0, 0.05) is 18.0 Å². The van der Waals surface area contributed by atoms with Crippen molar-refractivity contribution in [3.8, 4) is 11.5 Å². The zero-order valence-electron chi connectivity index (χ0n) is 18.7. The molecule has 0 atom stereocenters. The molecule has 1 amide bonds. The van der Waals surface area contributed by atoms with Gasteiger partial charge in [0.2, 0.25) is 0 Å². The number of amides is 1. The van der Waals surface area contributed by atoms with Gasteiger partial charge in [-0.05, 0) is 55.5 Å². The molecule has 0 aliphatic rings. The summed E-state index contributed by atoms with van der Waals surface area (Å²) in [5.74, 6) is -0.292. The molecule has 0 saturated heterocycles. The standard InChI is InChI=1S/C25H22N2O6S/c1-16-8-14-19(15-9-16)34(30,31)33-23-20-6-4-5-7-21(20)27(2)25(29)22(23)26-24(28)17-10-12-18(32-3)13-11-17/h4-15H,1-3H3,(H,26,28). The summed E-state index contributed by atoms with van der Waals surface area (Å²) in [6, 6.07) is 19.1. The van der Waals surface area contributed by atoms with E-state index in [1.807, 2.05) is 6.92 Å². The molecule has 0 bridgehead atoms. The number of nitrogens with zero attached hydrogens (tertiary/aromatic N) is 1. The quantitative estimate of drug-likeness (QED) is 0.422. The number of aryl methyl sites for hydroxylation is 2. The molecule has 1 aromatic heterocycles. The molecule has 0 aliphatic heterocycles. The Morgan fingerprint density at radius 3 is 2.24 bits per heavy atom. The molecule has 34 heavy (non-hydrogen) atoms. The number of aromatic nitrogens is 1. The number of para-hydroxylation sites is 1. The van der Waals surface area contributed by atoms with Crippen molar-refractivity contribution in [3.05, 3.63) is 94.3 Å². The van der Waals surface area contributed by atoms with Crippen molar-refractivity contribution < 1.29 is 22.1 Å². The van der Waals surface area contributed by atoms with E-state index in [-0.39, 0.29) is 21.9 Å². The van der Waals surface area contributed by atoms with E-state index in [1.54, 1.807) is 48.5 Å². The first kappa shape index (κ1) is 23.1. The summed E-state index contributed by atoms with van der Waals surface area (Å²) >= 11 is 0. The highest BCUT2D eigenvalue weighted by Crippen LogP contribution is 2.33. The largest absolute Gasteiger partial charge is 0.497 e. The summed E-state index contributed by atoms with van der Waals surface area (Å²) in [5, 5.41) is 2.90. The van der Waals surface area contributed by atoms with Gasteiger partial charge in [0.25, 0.3) is 11.5 Å². The third kappa shape index (κ3) is 4.38. The summed E-state index contributed by atoms with van der Waals surface area (Å²) in [4.78, 5) is 26.1. The van der Waals surface area contributed by atoms with Crippen LogP contribution in [0.3, 0.4) is 0 Å². The number of pyridine rings is 1. The highest BCUT2D eigenvalue weighted by molar-refractivity contribution is 7.87. The molecule has 0 radical (unpaired) electrons. The topological polar surface area (TPSA) is 104 Å². The molecule has 4 aromatic rings. The average molecular weight is 479 g/mol. The number of ether oxygens (including phenoxy) is 1. The van der Waals surface area contributed by atoms with Gasteiger partial charge in [-0.3, -0.25) is 9.59 Å². The van der Waals surface area contributed by atoms with Gasteiger partial charge in [0.05, 0.1) is 12.6 Å². The fraction of sp³-hybridized carbons (Fsp3) is 0.120. The Kier molecular flexibility index (Phi) is 6.12. The van der Waals surface area contributed by atoms with Gasteiger partial charge < -0.3 is 18.8 Å². The van der Waals surface area contributed by atoms with E-state index in [1.165, 1.54) is 43.0 Å². The first-order valence-corrected chi connectivity index (χ1v) is 11.7. The third-order valence-electron chi connectivity index (χ3n) is 5.35. The highest BCUT2D eigenvalue weighted by Gasteiger charge is 2.25. The van der Waals surface area contributed by atoms with E-state index in [2.05, 4.69) is 5.32 Å². The van der Waals surface area contributed by atoms with Crippen LogP contribution < -0.4 is 19.8 Å². The van der Waals surface area contributed by atoms with Crippen molar-refractivity contribution in [2.45, 2.75) is 11.8 Å². The normalized spacial score (nSPS) is 11.3. The molecule has 0 unspecified atom stereocenters. The lowest BCUT2D eigenvalue weighted by atomic mass is 10.1. The molecule has 4 rings (SSSR count). The Labute approximate surface area is 196 Å². The van der Waals surface area contributed by atoms with E-state index in [0.29, 0.717) is 16.7 Å². The summed E-state index contributed by atoms with van der Waals surface area (Å²) in [6.45, 7) is 1.83. The Morgan fingerprint density at radius 1 is 0.941 bits per heavy atom.